The highest BCUT2D eigenvalue weighted by Gasteiger charge is 2.25. The minimum absolute atomic E-state index is 0.0851. The Bertz CT molecular complexity index is 328. The van der Waals surface area contributed by atoms with Gasteiger partial charge < -0.3 is 14.6 Å². The highest BCUT2D eigenvalue weighted by molar-refractivity contribution is 6.48. The Labute approximate surface area is 93.4 Å². The van der Waals surface area contributed by atoms with E-state index in [0.29, 0.717) is 0 Å². The summed E-state index contributed by atoms with van der Waals surface area (Å²) in [4.78, 5) is 22.5. The number of aliphatic hydroxyl groups excluding tert-OH is 1. The summed E-state index contributed by atoms with van der Waals surface area (Å²) in [5.74, 6) is -2.34. The van der Waals surface area contributed by atoms with Crippen LogP contribution in [0.3, 0.4) is 0 Å². The molecule has 0 aliphatic carbocycles. The van der Waals surface area contributed by atoms with Crippen molar-refractivity contribution < 1.29 is 24.2 Å². The molecular weight excluding hydrogens is 214 g/mol. The predicted octanol–water partition coefficient (Wildman–Crippen LogP) is 0.964. The second kappa shape index (κ2) is 6.60. The van der Waals surface area contributed by atoms with Gasteiger partial charge in [0.2, 0.25) is 0 Å². The molecule has 0 aromatic heterocycles. The molecule has 0 aliphatic rings. The zero-order chi connectivity index (χ0) is 12.7. The second-order valence-corrected chi connectivity index (χ2v) is 2.78. The van der Waals surface area contributed by atoms with Crippen LogP contribution in [0.15, 0.2) is 11.3 Å². The lowest BCUT2D eigenvalue weighted by atomic mass is 10.1. The summed E-state index contributed by atoms with van der Waals surface area (Å²) in [6.07, 6.45) is 0. The van der Waals surface area contributed by atoms with Crippen LogP contribution in [0.5, 0.6) is 0 Å². The molecule has 6 nitrogen and oxygen atoms in total. The zero-order valence-corrected chi connectivity index (χ0v) is 9.49. The number of aliphatic hydroxyl groups is 1. The normalized spacial score (nSPS) is 11.4. The first-order chi connectivity index (χ1) is 7.45. The van der Waals surface area contributed by atoms with Crippen molar-refractivity contribution in [2.75, 3.05) is 13.2 Å². The highest BCUT2D eigenvalue weighted by atomic mass is 16.5. The van der Waals surface area contributed by atoms with Crippen LogP contribution in [0.2, 0.25) is 0 Å². The standard InChI is InChI=1S/C10H15NO5/c1-4-15-9(13)7(6(3)12)8(11)10(14)16-5-2/h11-12H,4-5H2,1-3H3. The molecule has 2 N–H and O–H groups in total. The van der Waals surface area contributed by atoms with Gasteiger partial charge in [-0.15, -0.1) is 0 Å². The van der Waals surface area contributed by atoms with Crippen LogP contribution in [-0.2, 0) is 19.1 Å². The largest absolute Gasteiger partial charge is 0.512 e. The monoisotopic (exact) mass is 229 g/mol. The molecule has 16 heavy (non-hydrogen) atoms. The highest BCUT2D eigenvalue weighted by Crippen LogP contribution is 2.07. The first kappa shape index (κ1) is 14.2. The maximum Gasteiger partial charge on any atom is 0.357 e. The van der Waals surface area contributed by atoms with Gasteiger partial charge in [-0.1, -0.05) is 0 Å². The van der Waals surface area contributed by atoms with Crippen LogP contribution < -0.4 is 0 Å². The fourth-order valence-corrected chi connectivity index (χ4v) is 0.939. The van der Waals surface area contributed by atoms with E-state index in [0.717, 1.165) is 0 Å². The van der Waals surface area contributed by atoms with Crippen molar-refractivity contribution in [1.82, 2.24) is 0 Å². The lowest BCUT2D eigenvalue weighted by molar-refractivity contribution is -0.139. The number of hydrogen-bond donors (Lipinski definition) is 2. The molecule has 0 radical (unpaired) electrons. The quantitative estimate of drug-likeness (QED) is 0.317. The molecule has 0 rings (SSSR count). The maximum atomic E-state index is 11.3. The van der Waals surface area contributed by atoms with Crippen molar-refractivity contribution in [2.24, 2.45) is 0 Å². The smallest absolute Gasteiger partial charge is 0.357 e. The molecule has 0 amide bonds. The molecule has 0 saturated carbocycles. The van der Waals surface area contributed by atoms with Gasteiger partial charge in [-0.3, -0.25) is 5.41 Å². The Morgan fingerprint density at radius 1 is 1.12 bits per heavy atom. The summed E-state index contributed by atoms with van der Waals surface area (Å²) in [6, 6.07) is 0. The Kier molecular flexibility index (Phi) is 5.84. The third kappa shape index (κ3) is 3.72. The maximum absolute atomic E-state index is 11.3. The van der Waals surface area contributed by atoms with E-state index in [4.69, 9.17) is 5.41 Å². The number of carbonyl (C=O) groups is 2. The zero-order valence-electron chi connectivity index (χ0n) is 9.49. The van der Waals surface area contributed by atoms with E-state index in [1.165, 1.54) is 6.92 Å². The van der Waals surface area contributed by atoms with E-state index in [1.54, 1.807) is 13.8 Å². The van der Waals surface area contributed by atoms with Crippen LogP contribution >= 0.6 is 0 Å². The third-order valence-electron chi connectivity index (χ3n) is 1.57. The van der Waals surface area contributed by atoms with Crippen molar-refractivity contribution in [3.8, 4) is 0 Å². The molecule has 0 atom stereocenters. The van der Waals surface area contributed by atoms with Gasteiger partial charge in [-0.2, -0.15) is 0 Å². The summed E-state index contributed by atoms with van der Waals surface area (Å²) < 4.78 is 9.16. The van der Waals surface area contributed by atoms with Crippen LogP contribution in [-0.4, -0.2) is 36.0 Å². The van der Waals surface area contributed by atoms with Crippen molar-refractivity contribution in [3.63, 3.8) is 0 Å². The van der Waals surface area contributed by atoms with Gasteiger partial charge in [0.1, 0.15) is 11.3 Å². The molecule has 6 heteroatoms. The predicted molar refractivity (Wildman–Crippen MR) is 56.3 cm³/mol. The van der Waals surface area contributed by atoms with Gasteiger partial charge in [0.15, 0.2) is 5.71 Å². The van der Waals surface area contributed by atoms with Crippen LogP contribution in [0.4, 0.5) is 0 Å². The van der Waals surface area contributed by atoms with Gasteiger partial charge >= 0.3 is 11.9 Å². The molecule has 0 saturated heterocycles. The molecule has 0 aliphatic heterocycles. The fourth-order valence-electron chi connectivity index (χ4n) is 0.939. The first-order valence-electron chi connectivity index (χ1n) is 4.78. The SMILES string of the molecule is CCOC(=O)C(=N)C(C(=O)OCC)=C(C)O. The molecule has 0 bridgehead atoms. The Morgan fingerprint density at radius 3 is 1.94 bits per heavy atom. The lowest BCUT2D eigenvalue weighted by Crippen LogP contribution is -2.25. The van der Waals surface area contributed by atoms with E-state index in [2.05, 4.69) is 9.47 Å². The van der Waals surface area contributed by atoms with Crippen molar-refractivity contribution in [1.29, 1.82) is 5.41 Å². The second-order valence-electron chi connectivity index (χ2n) is 2.78. The molecular formula is C10H15NO5. The number of allylic oxidation sites excluding steroid dienone is 1. The van der Waals surface area contributed by atoms with Crippen LogP contribution in [0, 0.1) is 5.41 Å². The fraction of sp³-hybridized carbons (Fsp3) is 0.500. The van der Waals surface area contributed by atoms with Crippen molar-refractivity contribution in [3.05, 3.63) is 11.3 Å². The van der Waals surface area contributed by atoms with E-state index in [9.17, 15) is 14.7 Å². The van der Waals surface area contributed by atoms with Gasteiger partial charge in [-0.05, 0) is 20.8 Å². The summed E-state index contributed by atoms with van der Waals surface area (Å²) in [7, 11) is 0. The molecule has 0 aromatic carbocycles. The molecule has 0 spiro atoms. The Balaban J connectivity index is 4.97. The topological polar surface area (TPSA) is 96.7 Å². The molecule has 0 unspecified atom stereocenters. The van der Waals surface area contributed by atoms with Crippen LogP contribution in [0.1, 0.15) is 20.8 Å². The van der Waals surface area contributed by atoms with Gasteiger partial charge in [0, 0.05) is 0 Å². The molecule has 0 fully saturated rings. The van der Waals surface area contributed by atoms with Gasteiger partial charge in [0.25, 0.3) is 0 Å². The summed E-state index contributed by atoms with van der Waals surface area (Å²) in [5.41, 5.74) is -1.18. The van der Waals surface area contributed by atoms with E-state index < -0.39 is 29.0 Å². The summed E-state index contributed by atoms with van der Waals surface area (Å²) in [6.45, 7) is 4.52. The number of esters is 2. The minimum atomic E-state index is -0.973. The molecule has 90 valence electrons. The molecule has 0 heterocycles. The minimum Gasteiger partial charge on any atom is -0.512 e. The van der Waals surface area contributed by atoms with Crippen LogP contribution in [0.25, 0.3) is 0 Å². The first-order valence-corrected chi connectivity index (χ1v) is 4.78. The van der Waals surface area contributed by atoms with Gasteiger partial charge in [0.05, 0.1) is 13.2 Å². The average molecular weight is 229 g/mol. The number of hydrogen-bond acceptors (Lipinski definition) is 6. The van der Waals surface area contributed by atoms with Crippen molar-refractivity contribution in [2.45, 2.75) is 20.8 Å². The number of nitrogens with one attached hydrogen (secondary N) is 1. The lowest BCUT2D eigenvalue weighted by Gasteiger charge is -2.08. The number of carbonyl (C=O) groups excluding carboxylic acids is 2. The molecule has 0 aromatic rings. The Hall–Kier alpha value is -1.85. The average Bonchev–Trinajstić information content (AvgIpc) is 2.17. The number of rotatable bonds is 5. The summed E-state index contributed by atoms with van der Waals surface area (Å²) >= 11 is 0. The number of ether oxygens (including phenoxy) is 2. The van der Waals surface area contributed by atoms with E-state index >= 15 is 0 Å². The Morgan fingerprint density at radius 2 is 1.56 bits per heavy atom. The van der Waals surface area contributed by atoms with E-state index in [1.807, 2.05) is 0 Å². The van der Waals surface area contributed by atoms with Crippen molar-refractivity contribution >= 4 is 17.7 Å². The van der Waals surface area contributed by atoms with E-state index in [-0.39, 0.29) is 13.2 Å². The van der Waals surface area contributed by atoms with Gasteiger partial charge in [-0.25, -0.2) is 9.59 Å². The summed E-state index contributed by atoms with van der Waals surface area (Å²) in [5, 5.41) is 16.6. The third-order valence-corrected chi connectivity index (χ3v) is 1.57.